The predicted molar refractivity (Wildman–Crippen MR) is 47.1 cm³/mol. The van der Waals surface area contributed by atoms with Crippen molar-refractivity contribution < 1.29 is 9.90 Å². The van der Waals surface area contributed by atoms with Crippen molar-refractivity contribution in [2.75, 3.05) is 13.1 Å². The minimum atomic E-state index is -0.628. The molecule has 12 heavy (non-hydrogen) atoms. The van der Waals surface area contributed by atoms with Gasteiger partial charge in [-0.25, -0.2) is 0 Å². The lowest BCUT2D eigenvalue weighted by Crippen LogP contribution is -2.45. The molecular weight excluding hydrogens is 154 g/mol. The van der Waals surface area contributed by atoms with Gasteiger partial charge in [0.1, 0.15) is 0 Å². The fourth-order valence-corrected chi connectivity index (χ4v) is 1.95. The topological polar surface area (TPSA) is 49.3 Å². The van der Waals surface area contributed by atoms with Gasteiger partial charge >= 0.3 is 5.97 Å². The van der Waals surface area contributed by atoms with Crippen molar-refractivity contribution >= 4 is 5.97 Å². The number of hydrogen-bond donors (Lipinski definition) is 2. The Hall–Kier alpha value is -0.570. The zero-order valence-corrected chi connectivity index (χ0v) is 7.60. The van der Waals surface area contributed by atoms with Gasteiger partial charge in [0.15, 0.2) is 0 Å². The minimum Gasteiger partial charge on any atom is -0.481 e. The molecule has 1 aliphatic rings. The third kappa shape index (κ3) is 1.78. The van der Waals surface area contributed by atoms with E-state index in [1.54, 1.807) is 0 Å². The summed E-state index contributed by atoms with van der Waals surface area (Å²) < 4.78 is 0. The van der Waals surface area contributed by atoms with Crippen LogP contribution in [0.2, 0.25) is 0 Å². The quantitative estimate of drug-likeness (QED) is 0.671. The zero-order chi connectivity index (χ0) is 9.03. The molecule has 0 unspecified atom stereocenters. The van der Waals surface area contributed by atoms with E-state index < -0.39 is 11.4 Å². The number of carboxylic acid groups (broad SMARTS) is 1. The minimum absolute atomic E-state index is 0.465. The van der Waals surface area contributed by atoms with Crippen molar-refractivity contribution in [3.8, 4) is 0 Å². The molecule has 1 atom stereocenters. The lowest BCUT2D eigenvalue weighted by molar-refractivity contribution is -0.150. The Morgan fingerprint density at radius 3 is 2.83 bits per heavy atom. The van der Waals surface area contributed by atoms with Crippen LogP contribution in [-0.4, -0.2) is 24.2 Å². The first-order valence-electron chi connectivity index (χ1n) is 4.65. The molecule has 0 spiro atoms. The van der Waals surface area contributed by atoms with Crippen molar-refractivity contribution in [3.05, 3.63) is 0 Å². The van der Waals surface area contributed by atoms with Gasteiger partial charge in [0.25, 0.3) is 0 Å². The highest BCUT2D eigenvalue weighted by atomic mass is 16.4. The first-order chi connectivity index (χ1) is 5.71. The van der Waals surface area contributed by atoms with Crippen molar-refractivity contribution in [1.82, 2.24) is 5.32 Å². The first-order valence-corrected chi connectivity index (χ1v) is 4.65. The van der Waals surface area contributed by atoms with Gasteiger partial charge in [0, 0.05) is 6.54 Å². The number of rotatable bonds is 3. The van der Waals surface area contributed by atoms with Crippen LogP contribution in [0.4, 0.5) is 0 Å². The van der Waals surface area contributed by atoms with E-state index in [4.69, 9.17) is 5.11 Å². The van der Waals surface area contributed by atoms with Crippen LogP contribution in [0.1, 0.15) is 32.6 Å². The number of carboxylic acids is 1. The van der Waals surface area contributed by atoms with E-state index in [2.05, 4.69) is 5.32 Å². The summed E-state index contributed by atoms with van der Waals surface area (Å²) in [6, 6.07) is 0. The summed E-state index contributed by atoms with van der Waals surface area (Å²) in [5.74, 6) is -0.628. The highest BCUT2D eigenvalue weighted by Gasteiger charge is 2.38. The molecule has 2 N–H and O–H groups in total. The molecule has 0 saturated carbocycles. The van der Waals surface area contributed by atoms with Gasteiger partial charge in [-0.05, 0) is 25.8 Å². The molecule has 0 radical (unpaired) electrons. The maximum absolute atomic E-state index is 11.0. The van der Waals surface area contributed by atoms with Gasteiger partial charge in [0.05, 0.1) is 5.41 Å². The van der Waals surface area contributed by atoms with E-state index in [-0.39, 0.29) is 0 Å². The molecule has 1 aliphatic heterocycles. The molecule has 1 rings (SSSR count). The third-order valence-corrected chi connectivity index (χ3v) is 2.65. The van der Waals surface area contributed by atoms with Gasteiger partial charge in [0.2, 0.25) is 0 Å². The van der Waals surface area contributed by atoms with Crippen molar-refractivity contribution in [1.29, 1.82) is 0 Å². The maximum atomic E-state index is 11.0. The zero-order valence-electron chi connectivity index (χ0n) is 7.60. The van der Waals surface area contributed by atoms with Crippen LogP contribution < -0.4 is 5.32 Å². The summed E-state index contributed by atoms with van der Waals surface area (Å²) in [6.45, 7) is 3.66. The SMILES string of the molecule is CCC[C@]1(C(=O)O)CCCNC1. The van der Waals surface area contributed by atoms with Crippen LogP contribution in [0.25, 0.3) is 0 Å². The number of nitrogens with one attached hydrogen (secondary N) is 1. The third-order valence-electron chi connectivity index (χ3n) is 2.65. The summed E-state index contributed by atoms with van der Waals surface area (Å²) in [7, 11) is 0. The van der Waals surface area contributed by atoms with E-state index in [9.17, 15) is 4.79 Å². The smallest absolute Gasteiger partial charge is 0.310 e. The van der Waals surface area contributed by atoms with Crippen molar-refractivity contribution in [3.63, 3.8) is 0 Å². The van der Waals surface area contributed by atoms with E-state index in [0.29, 0.717) is 6.54 Å². The number of aliphatic carboxylic acids is 1. The number of carbonyl (C=O) groups is 1. The number of hydrogen-bond acceptors (Lipinski definition) is 2. The van der Waals surface area contributed by atoms with Gasteiger partial charge in [-0.1, -0.05) is 13.3 Å². The molecule has 1 fully saturated rings. The van der Waals surface area contributed by atoms with Crippen LogP contribution in [0.15, 0.2) is 0 Å². The first kappa shape index (κ1) is 9.52. The van der Waals surface area contributed by atoms with Crippen LogP contribution in [0.3, 0.4) is 0 Å². The van der Waals surface area contributed by atoms with Crippen LogP contribution >= 0.6 is 0 Å². The van der Waals surface area contributed by atoms with Gasteiger partial charge < -0.3 is 10.4 Å². The molecule has 1 saturated heterocycles. The Labute approximate surface area is 73.2 Å². The Balaban J connectivity index is 2.63. The molecule has 0 aromatic carbocycles. The van der Waals surface area contributed by atoms with Crippen LogP contribution in [0, 0.1) is 5.41 Å². The van der Waals surface area contributed by atoms with E-state index in [1.165, 1.54) is 0 Å². The Kier molecular flexibility index (Phi) is 3.09. The van der Waals surface area contributed by atoms with Crippen LogP contribution in [0.5, 0.6) is 0 Å². The van der Waals surface area contributed by atoms with Gasteiger partial charge in [-0.15, -0.1) is 0 Å². The Morgan fingerprint density at radius 2 is 2.42 bits per heavy atom. The highest BCUT2D eigenvalue weighted by Crippen LogP contribution is 2.31. The fourth-order valence-electron chi connectivity index (χ4n) is 1.95. The lowest BCUT2D eigenvalue weighted by atomic mass is 9.77. The summed E-state index contributed by atoms with van der Waals surface area (Å²) >= 11 is 0. The predicted octanol–water partition coefficient (Wildman–Crippen LogP) is 1.24. The molecule has 0 aromatic heterocycles. The van der Waals surface area contributed by atoms with Crippen LogP contribution in [-0.2, 0) is 4.79 Å². The molecule has 0 amide bonds. The van der Waals surface area contributed by atoms with Gasteiger partial charge in [-0.3, -0.25) is 4.79 Å². The van der Waals surface area contributed by atoms with Crippen molar-refractivity contribution in [2.45, 2.75) is 32.6 Å². The molecule has 0 aromatic rings. The van der Waals surface area contributed by atoms with E-state index in [1.807, 2.05) is 6.92 Å². The molecule has 0 aliphatic carbocycles. The average molecular weight is 171 g/mol. The maximum Gasteiger partial charge on any atom is 0.310 e. The number of piperidine rings is 1. The lowest BCUT2D eigenvalue weighted by Gasteiger charge is -2.33. The Bertz CT molecular complexity index is 156. The van der Waals surface area contributed by atoms with E-state index in [0.717, 1.165) is 32.2 Å². The monoisotopic (exact) mass is 171 g/mol. The second kappa shape index (κ2) is 3.90. The van der Waals surface area contributed by atoms with E-state index >= 15 is 0 Å². The summed E-state index contributed by atoms with van der Waals surface area (Å²) in [5, 5.41) is 12.2. The molecule has 70 valence electrons. The average Bonchev–Trinajstić information content (AvgIpc) is 2.06. The normalized spacial score (nSPS) is 30.1. The second-order valence-corrected chi connectivity index (χ2v) is 3.62. The summed E-state index contributed by atoms with van der Waals surface area (Å²) in [6.07, 6.45) is 3.58. The molecule has 0 bridgehead atoms. The molecule has 3 heteroatoms. The molecule has 1 heterocycles. The fraction of sp³-hybridized carbons (Fsp3) is 0.889. The standard InChI is InChI=1S/C9H17NO2/c1-2-4-9(8(11)12)5-3-6-10-7-9/h10H,2-7H2,1H3,(H,11,12)/t9-/m0/s1. The van der Waals surface area contributed by atoms with Crippen molar-refractivity contribution in [2.24, 2.45) is 5.41 Å². The molecular formula is C9H17NO2. The summed E-state index contributed by atoms with van der Waals surface area (Å²) in [5.41, 5.74) is -0.465. The largest absolute Gasteiger partial charge is 0.481 e. The van der Waals surface area contributed by atoms with Gasteiger partial charge in [-0.2, -0.15) is 0 Å². The highest BCUT2D eigenvalue weighted by molar-refractivity contribution is 5.75. The Morgan fingerprint density at radius 1 is 1.67 bits per heavy atom. The second-order valence-electron chi connectivity index (χ2n) is 3.62. The molecule has 3 nitrogen and oxygen atoms in total. The summed E-state index contributed by atoms with van der Waals surface area (Å²) in [4.78, 5) is 11.0.